The molecule has 2 rings (SSSR count). The van der Waals surface area contributed by atoms with E-state index in [4.69, 9.17) is 0 Å². The molecule has 0 amide bonds. The van der Waals surface area contributed by atoms with Gasteiger partial charge in [0.05, 0.1) is 0 Å². The number of para-hydroxylation sites is 1. The molecule has 0 aromatic heterocycles. The zero-order valence-electron chi connectivity index (χ0n) is 10.7. The minimum atomic E-state index is -0.0516. The maximum Gasteiger partial charge on any atom is 0.161 e. The molecule has 18 heavy (non-hydrogen) atoms. The van der Waals surface area contributed by atoms with Crippen LogP contribution in [0.2, 0.25) is 0 Å². The number of hydrogen-bond donors (Lipinski definition) is 3. The molecule has 0 aliphatic heterocycles. The molecule has 3 N–H and O–H groups in total. The first-order valence-electron chi connectivity index (χ1n) is 6.66. The number of rotatable bonds is 5. The highest BCUT2D eigenvalue weighted by Gasteiger charge is 2.06. The number of aromatic hydroxyl groups is 2. The Labute approximate surface area is 108 Å². The van der Waals surface area contributed by atoms with Crippen LogP contribution in [0.25, 0.3) is 0 Å². The van der Waals surface area contributed by atoms with Gasteiger partial charge in [-0.2, -0.15) is 0 Å². The van der Waals surface area contributed by atoms with Gasteiger partial charge in [-0.25, -0.2) is 0 Å². The summed E-state index contributed by atoms with van der Waals surface area (Å²) in [4.78, 5) is 0. The molecular weight excluding hydrogens is 226 g/mol. The van der Waals surface area contributed by atoms with Crippen LogP contribution in [0, 0.1) is 0 Å². The van der Waals surface area contributed by atoms with Gasteiger partial charge in [0.15, 0.2) is 11.5 Å². The second-order valence-corrected chi connectivity index (χ2v) is 4.82. The first-order valence-corrected chi connectivity index (χ1v) is 6.66. The van der Waals surface area contributed by atoms with E-state index in [0.29, 0.717) is 6.54 Å². The standard InChI is InChI=1S/C15H21NO2/c17-14-8-4-7-13(15(14)18)11-16-10-9-12-5-2-1-3-6-12/h4-5,7-8,16-18H,1-3,6,9-11H2. The second kappa shape index (κ2) is 6.45. The highest BCUT2D eigenvalue weighted by Crippen LogP contribution is 2.27. The maximum absolute atomic E-state index is 9.64. The summed E-state index contributed by atoms with van der Waals surface area (Å²) < 4.78 is 0. The van der Waals surface area contributed by atoms with Gasteiger partial charge in [-0.3, -0.25) is 0 Å². The first-order chi connectivity index (χ1) is 8.77. The fraction of sp³-hybridized carbons (Fsp3) is 0.467. The molecule has 0 spiro atoms. The summed E-state index contributed by atoms with van der Waals surface area (Å²) in [6.07, 6.45) is 8.55. The smallest absolute Gasteiger partial charge is 0.161 e. The first kappa shape index (κ1) is 13.0. The van der Waals surface area contributed by atoms with Gasteiger partial charge in [0.1, 0.15) is 0 Å². The van der Waals surface area contributed by atoms with Crippen LogP contribution in [0.3, 0.4) is 0 Å². The topological polar surface area (TPSA) is 52.5 Å². The molecule has 0 atom stereocenters. The SMILES string of the molecule is Oc1cccc(CNCCC2=CCCCC2)c1O. The molecule has 0 fully saturated rings. The van der Waals surface area contributed by atoms with E-state index in [2.05, 4.69) is 11.4 Å². The van der Waals surface area contributed by atoms with Gasteiger partial charge in [-0.05, 0) is 44.7 Å². The predicted octanol–water partition coefficient (Wildman–Crippen LogP) is 3.08. The third-order valence-electron chi connectivity index (χ3n) is 3.42. The monoisotopic (exact) mass is 247 g/mol. The molecule has 3 nitrogen and oxygen atoms in total. The van der Waals surface area contributed by atoms with Crippen molar-refractivity contribution in [3.8, 4) is 11.5 Å². The van der Waals surface area contributed by atoms with E-state index in [1.807, 2.05) is 6.07 Å². The van der Waals surface area contributed by atoms with Crippen LogP contribution in [0.1, 0.15) is 37.7 Å². The van der Waals surface area contributed by atoms with Gasteiger partial charge in [-0.1, -0.05) is 23.8 Å². The summed E-state index contributed by atoms with van der Waals surface area (Å²) in [5.74, 6) is -0.0637. The van der Waals surface area contributed by atoms with E-state index in [1.54, 1.807) is 11.6 Å². The summed E-state index contributed by atoms with van der Waals surface area (Å²) in [5.41, 5.74) is 2.29. The van der Waals surface area contributed by atoms with Crippen molar-refractivity contribution in [2.75, 3.05) is 6.54 Å². The maximum atomic E-state index is 9.64. The van der Waals surface area contributed by atoms with E-state index in [-0.39, 0.29) is 11.5 Å². The van der Waals surface area contributed by atoms with Crippen molar-refractivity contribution in [2.24, 2.45) is 0 Å². The lowest BCUT2D eigenvalue weighted by atomic mass is 9.97. The Hall–Kier alpha value is -1.48. The lowest BCUT2D eigenvalue weighted by Crippen LogP contribution is -2.15. The van der Waals surface area contributed by atoms with Crippen molar-refractivity contribution in [2.45, 2.75) is 38.6 Å². The molecule has 0 radical (unpaired) electrons. The average Bonchev–Trinajstić information content (AvgIpc) is 2.40. The molecule has 98 valence electrons. The predicted molar refractivity (Wildman–Crippen MR) is 72.6 cm³/mol. The van der Waals surface area contributed by atoms with E-state index in [1.165, 1.54) is 31.7 Å². The summed E-state index contributed by atoms with van der Waals surface area (Å²) in [6, 6.07) is 5.06. The quantitative estimate of drug-likeness (QED) is 0.426. The largest absolute Gasteiger partial charge is 0.504 e. The Morgan fingerprint density at radius 1 is 1.17 bits per heavy atom. The van der Waals surface area contributed by atoms with Crippen molar-refractivity contribution in [1.82, 2.24) is 5.32 Å². The minimum Gasteiger partial charge on any atom is -0.504 e. The van der Waals surface area contributed by atoms with Crippen molar-refractivity contribution in [3.63, 3.8) is 0 Å². The van der Waals surface area contributed by atoms with Gasteiger partial charge in [0, 0.05) is 12.1 Å². The number of nitrogens with one attached hydrogen (secondary N) is 1. The Morgan fingerprint density at radius 3 is 2.83 bits per heavy atom. The van der Waals surface area contributed by atoms with E-state index in [0.717, 1.165) is 18.5 Å². The van der Waals surface area contributed by atoms with Crippen LogP contribution in [0.5, 0.6) is 11.5 Å². The number of phenols is 2. The summed E-state index contributed by atoms with van der Waals surface area (Å²) in [6.45, 7) is 1.51. The molecule has 0 saturated carbocycles. The third kappa shape index (κ3) is 3.50. The number of phenolic OH excluding ortho intramolecular Hbond substituents is 2. The molecule has 1 aromatic rings. The zero-order valence-corrected chi connectivity index (χ0v) is 10.7. The second-order valence-electron chi connectivity index (χ2n) is 4.82. The zero-order chi connectivity index (χ0) is 12.8. The summed E-state index contributed by atoms with van der Waals surface area (Å²) in [5, 5.41) is 22.3. The fourth-order valence-electron chi connectivity index (χ4n) is 2.32. The van der Waals surface area contributed by atoms with Crippen LogP contribution < -0.4 is 5.32 Å². The highest BCUT2D eigenvalue weighted by molar-refractivity contribution is 5.44. The van der Waals surface area contributed by atoms with Crippen LogP contribution >= 0.6 is 0 Å². The van der Waals surface area contributed by atoms with Crippen molar-refractivity contribution >= 4 is 0 Å². The van der Waals surface area contributed by atoms with Crippen LogP contribution in [0.4, 0.5) is 0 Å². The number of hydrogen-bond acceptors (Lipinski definition) is 3. The Kier molecular flexibility index (Phi) is 4.65. The van der Waals surface area contributed by atoms with Crippen LogP contribution in [-0.2, 0) is 6.54 Å². The van der Waals surface area contributed by atoms with Crippen molar-refractivity contribution < 1.29 is 10.2 Å². The van der Waals surface area contributed by atoms with Crippen LogP contribution in [-0.4, -0.2) is 16.8 Å². The van der Waals surface area contributed by atoms with E-state index < -0.39 is 0 Å². The number of benzene rings is 1. The summed E-state index contributed by atoms with van der Waals surface area (Å²) in [7, 11) is 0. The normalized spacial score (nSPS) is 15.4. The van der Waals surface area contributed by atoms with Gasteiger partial charge in [-0.15, -0.1) is 0 Å². The third-order valence-corrected chi connectivity index (χ3v) is 3.42. The Bertz CT molecular complexity index is 427. The Balaban J connectivity index is 1.75. The van der Waals surface area contributed by atoms with Crippen LogP contribution in [0.15, 0.2) is 29.8 Å². The molecule has 0 bridgehead atoms. The lowest BCUT2D eigenvalue weighted by molar-refractivity contribution is 0.398. The molecular formula is C15H21NO2. The lowest BCUT2D eigenvalue weighted by Gasteiger charge is -2.13. The fourth-order valence-corrected chi connectivity index (χ4v) is 2.32. The molecule has 1 aromatic carbocycles. The van der Waals surface area contributed by atoms with Gasteiger partial charge >= 0.3 is 0 Å². The Morgan fingerprint density at radius 2 is 2.06 bits per heavy atom. The van der Waals surface area contributed by atoms with Crippen molar-refractivity contribution in [3.05, 3.63) is 35.4 Å². The van der Waals surface area contributed by atoms with E-state index >= 15 is 0 Å². The average molecular weight is 247 g/mol. The molecule has 1 aliphatic rings. The van der Waals surface area contributed by atoms with E-state index in [9.17, 15) is 10.2 Å². The summed E-state index contributed by atoms with van der Waals surface area (Å²) >= 11 is 0. The molecule has 1 aliphatic carbocycles. The highest BCUT2D eigenvalue weighted by atomic mass is 16.3. The minimum absolute atomic E-state index is 0.0121. The number of allylic oxidation sites excluding steroid dienone is 1. The van der Waals surface area contributed by atoms with Gasteiger partial charge in [0.25, 0.3) is 0 Å². The van der Waals surface area contributed by atoms with Gasteiger partial charge < -0.3 is 15.5 Å². The van der Waals surface area contributed by atoms with Gasteiger partial charge in [0.2, 0.25) is 0 Å². The molecule has 3 heteroatoms. The molecule has 0 heterocycles. The molecule has 0 unspecified atom stereocenters. The molecule has 0 saturated heterocycles. The van der Waals surface area contributed by atoms with Crippen molar-refractivity contribution in [1.29, 1.82) is 0 Å².